The van der Waals surface area contributed by atoms with Gasteiger partial charge in [-0.05, 0) is 6.07 Å². The number of aryl methyl sites for hydroxylation is 1. The van der Waals surface area contributed by atoms with Gasteiger partial charge in [0.2, 0.25) is 11.9 Å². The lowest BCUT2D eigenvalue weighted by Gasteiger charge is -2.06. The maximum atomic E-state index is 11.5. The fourth-order valence-corrected chi connectivity index (χ4v) is 1.29. The van der Waals surface area contributed by atoms with Gasteiger partial charge in [0.1, 0.15) is 5.69 Å². The van der Waals surface area contributed by atoms with Gasteiger partial charge in [-0.1, -0.05) is 13.8 Å². The van der Waals surface area contributed by atoms with E-state index in [1.54, 1.807) is 39.2 Å². The van der Waals surface area contributed by atoms with Gasteiger partial charge in [-0.3, -0.25) is 10.1 Å². The molecule has 6 heteroatoms. The number of carbonyl (C=O) groups excluding carboxylic acids is 1. The molecule has 0 saturated heterocycles. The van der Waals surface area contributed by atoms with Crippen molar-refractivity contribution in [1.82, 2.24) is 15.0 Å². The first kappa shape index (κ1) is 12.2. The molecule has 0 spiro atoms. The van der Waals surface area contributed by atoms with Crippen molar-refractivity contribution in [2.24, 2.45) is 5.92 Å². The Morgan fingerprint density at radius 2 is 2.17 bits per heavy atom. The number of carbonyl (C=O) groups is 1. The molecule has 18 heavy (non-hydrogen) atoms. The van der Waals surface area contributed by atoms with Crippen LogP contribution in [0.15, 0.2) is 22.9 Å². The van der Waals surface area contributed by atoms with Gasteiger partial charge in [0.15, 0.2) is 11.7 Å². The summed E-state index contributed by atoms with van der Waals surface area (Å²) < 4.78 is 5.36. The van der Waals surface area contributed by atoms with Crippen LogP contribution in [0.5, 0.6) is 0 Å². The largest absolute Gasteiger partial charge is 0.439 e. The molecule has 0 aromatic carbocycles. The lowest BCUT2D eigenvalue weighted by molar-refractivity contribution is -0.118. The molecule has 2 heterocycles. The zero-order chi connectivity index (χ0) is 13.1. The van der Waals surface area contributed by atoms with Crippen molar-refractivity contribution in [3.63, 3.8) is 0 Å². The zero-order valence-corrected chi connectivity index (χ0v) is 10.5. The fraction of sp³-hybridized carbons (Fsp3) is 0.333. The molecule has 0 atom stereocenters. The zero-order valence-electron chi connectivity index (χ0n) is 10.5. The first-order chi connectivity index (χ1) is 8.56. The average molecular weight is 246 g/mol. The van der Waals surface area contributed by atoms with E-state index in [9.17, 15) is 4.79 Å². The molecular weight excluding hydrogens is 232 g/mol. The van der Waals surface area contributed by atoms with Gasteiger partial charge in [0.25, 0.3) is 0 Å². The first-order valence-electron chi connectivity index (χ1n) is 5.63. The highest BCUT2D eigenvalue weighted by molar-refractivity contribution is 5.90. The van der Waals surface area contributed by atoms with Crippen LogP contribution >= 0.6 is 0 Å². The van der Waals surface area contributed by atoms with Crippen molar-refractivity contribution in [2.45, 2.75) is 20.8 Å². The predicted octanol–water partition coefficient (Wildman–Crippen LogP) is 2.03. The summed E-state index contributed by atoms with van der Waals surface area (Å²) in [5, 5.41) is 2.64. The quantitative estimate of drug-likeness (QED) is 0.896. The fourth-order valence-electron chi connectivity index (χ4n) is 1.29. The van der Waals surface area contributed by atoms with E-state index in [0.717, 1.165) is 0 Å². The van der Waals surface area contributed by atoms with Crippen LogP contribution in [0.1, 0.15) is 19.7 Å². The molecule has 0 radical (unpaired) electrons. The Hall–Kier alpha value is -2.24. The molecule has 2 aromatic heterocycles. The monoisotopic (exact) mass is 246 g/mol. The Balaban J connectivity index is 2.23. The Labute approximate surface area is 104 Å². The second-order valence-corrected chi connectivity index (χ2v) is 4.15. The van der Waals surface area contributed by atoms with Crippen molar-refractivity contribution in [1.29, 1.82) is 0 Å². The number of oxazole rings is 1. The van der Waals surface area contributed by atoms with Crippen LogP contribution in [-0.4, -0.2) is 20.9 Å². The molecule has 0 unspecified atom stereocenters. The first-order valence-corrected chi connectivity index (χ1v) is 5.63. The summed E-state index contributed by atoms with van der Waals surface area (Å²) in [5.74, 6) is 1.14. The number of rotatable bonds is 3. The summed E-state index contributed by atoms with van der Waals surface area (Å²) in [5.41, 5.74) is 0.588. The molecule has 1 amide bonds. The Kier molecular flexibility index (Phi) is 3.36. The van der Waals surface area contributed by atoms with Crippen LogP contribution in [-0.2, 0) is 4.79 Å². The smallest absolute Gasteiger partial charge is 0.230 e. The molecule has 0 aliphatic rings. The van der Waals surface area contributed by atoms with E-state index in [-0.39, 0.29) is 17.8 Å². The number of hydrogen-bond donors (Lipinski definition) is 1. The second kappa shape index (κ2) is 4.95. The van der Waals surface area contributed by atoms with Crippen molar-refractivity contribution < 1.29 is 9.21 Å². The lowest BCUT2D eigenvalue weighted by atomic mass is 10.2. The molecule has 0 aliphatic heterocycles. The molecule has 0 bridgehead atoms. The normalized spacial score (nSPS) is 10.7. The number of anilines is 1. The van der Waals surface area contributed by atoms with E-state index in [2.05, 4.69) is 20.3 Å². The van der Waals surface area contributed by atoms with Crippen LogP contribution in [0.3, 0.4) is 0 Å². The van der Waals surface area contributed by atoms with E-state index in [4.69, 9.17) is 4.42 Å². The predicted molar refractivity (Wildman–Crippen MR) is 65.7 cm³/mol. The number of aromatic nitrogens is 3. The van der Waals surface area contributed by atoms with Crippen LogP contribution in [0, 0.1) is 12.8 Å². The van der Waals surface area contributed by atoms with Gasteiger partial charge in [0.05, 0.1) is 6.20 Å². The van der Waals surface area contributed by atoms with E-state index in [1.165, 1.54) is 0 Å². The van der Waals surface area contributed by atoms with Crippen LogP contribution in [0.2, 0.25) is 0 Å². The van der Waals surface area contributed by atoms with E-state index < -0.39 is 0 Å². The highest BCUT2D eigenvalue weighted by atomic mass is 16.4. The summed E-state index contributed by atoms with van der Waals surface area (Å²) in [6.45, 7) is 5.37. The molecule has 2 rings (SSSR count). The summed E-state index contributed by atoms with van der Waals surface area (Å²) in [6, 6.07) is 1.70. The van der Waals surface area contributed by atoms with Crippen molar-refractivity contribution in [3.8, 4) is 11.5 Å². The molecule has 6 nitrogen and oxygen atoms in total. The SMILES string of the molecule is Cc1ncc(-c2ccnc(NC(=O)C(C)C)n2)o1. The van der Waals surface area contributed by atoms with Crippen LogP contribution < -0.4 is 5.32 Å². The lowest BCUT2D eigenvalue weighted by Crippen LogP contribution is -2.19. The van der Waals surface area contributed by atoms with Gasteiger partial charge in [-0.15, -0.1) is 0 Å². The molecule has 0 aliphatic carbocycles. The van der Waals surface area contributed by atoms with Crippen molar-refractivity contribution in [2.75, 3.05) is 5.32 Å². The molecule has 0 saturated carbocycles. The third-order valence-corrected chi connectivity index (χ3v) is 2.29. The number of nitrogens with one attached hydrogen (secondary N) is 1. The maximum Gasteiger partial charge on any atom is 0.230 e. The molecule has 94 valence electrons. The number of amides is 1. The Bertz CT molecular complexity index is 563. The third kappa shape index (κ3) is 2.71. The Morgan fingerprint density at radius 1 is 1.39 bits per heavy atom. The third-order valence-electron chi connectivity index (χ3n) is 2.29. The summed E-state index contributed by atoms with van der Waals surface area (Å²) in [6.07, 6.45) is 3.15. The minimum Gasteiger partial charge on any atom is -0.439 e. The standard InChI is InChI=1S/C12H14N4O2/c1-7(2)11(17)16-12-13-5-4-9(15-12)10-6-14-8(3)18-10/h4-7H,1-3H3,(H,13,15,16,17). The molecule has 0 fully saturated rings. The van der Waals surface area contributed by atoms with Gasteiger partial charge >= 0.3 is 0 Å². The molecule has 2 aromatic rings. The van der Waals surface area contributed by atoms with Gasteiger partial charge < -0.3 is 4.42 Å². The molecular formula is C12H14N4O2. The average Bonchev–Trinajstić information content (AvgIpc) is 2.76. The van der Waals surface area contributed by atoms with Gasteiger partial charge in [-0.2, -0.15) is 0 Å². The topological polar surface area (TPSA) is 80.9 Å². The highest BCUT2D eigenvalue weighted by Crippen LogP contribution is 2.18. The summed E-state index contributed by atoms with van der Waals surface area (Å²) in [7, 11) is 0. The minimum atomic E-state index is -0.124. The van der Waals surface area contributed by atoms with Crippen molar-refractivity contribution in [3.05, 3.63) is 24.4 Å². The maximum absolute atomic E-state index is 11.5. The van der Waals surface area contributed by atoms with Crippen LogP contribution in [0.4, 0.5) is 5.95 Å². The van der Waals surface area contributed by atoms with E-state index in [1.807, 2.05) is 0 Å². The summed E-state index contributed by atoms with van der Waals surface area (Å²) in [4.78, 5) is 23.7. The Morgan fingerprint density at radius 3 is 2.78 bits per heavy atom. The second-order valence-electron chi connectivity index (χ2n) is 4.15. The number of hydrogen-bond acceptors (Lipinski definition) is 5. The number of nitrogens with zero attached hydrogens (tertiary/aromatic N) is 3. The van der Waals surface area contributed by atoms with E-state index >= 15 is 0 Å². The van der Waals surface area contributed by atoms with Gasteiger partial charge in [-0.25, -0.2) is 15.0 Å². The summed E-state index contributed by atoms with van der Waals surface area (Å²) >= 11 is 0. The van der Waals surface area contributed by atoms with Crippen molar-refractivity contribution >= 4 is 11.9 Å². The van der Waals surface area contributed by atoms with E-state index in [0.29, 0.717) is 17.3 Å². The minimum absolute atomic E-state index is 0.121. The van der Waals surface area contributed by atoms with Gasteiger partial charge in [0, 0.05) is 19.0 Å². The molecule has 1 N–H and O–H groups in total. The van der Waals surface area contributed by atoms with Crippen LogP contribution in [0.25, 0.3) is 11.5 Å². The highest BCUT2D eigenvalue weighted by Gasteiger charge is 2.11.